The van der Waals surface area contributed by atoms with Gasteiger partial charge in [0.1, 0.15) is 5.82 Å². The lowest BCUT2D eigenvalue weighted by Crippen LogP contribution is -2.51. The Balaban J connectivity index is 1.66. The second kappa shape index (κ2) is 4.15. The number of piperidine rings is 1. The van der Waals surface area contributed by atoms with Crippen molar-refractivity contribution < 1.29 is 4.79 Å². The molecule has 2 saturated heterocycles. The van der Waals surface area contributed by atoms with Crippen LogP contribution in [0.5, 0.6) is 0 Å². The number of amides is 1. The molecule has 0 radical (unpaired) electrons. The molecule has 0 bridgehead atoms. The lowest BCUT2D eigenvalue weighted by Gasteiger charge is -2.40. The van der Waals surface area contributed by atoms with E-state index in [1.807, 2.05) is 18.3 Å². The van der Waals surface area contributed by atoms with Crippen LogP contribution in [0.25, 0.3) is 0 Å². The van der Waals surface area contributed by atoms with Crippen LogP contribution in [0.1, 0.15) is 25.7 Å². The summed E-state index contributed by atoms with van der Waals surface area (Å²) in [6.45, 7) is 1.93. The molecule has 0 saturated carbocycles. The summed E-state index contributed by atoms with van der Waals surface area (Å²) in [6, 6.07) is 3.84. The van der Waals surface area contributed by atoms with E-state index in [-0.39, 0.29) is 11.4 Å². The van der Waals surface area contributed by atoms with Gasteiger partial charge in [0.05, 0.1) is 11.9 Å². The van der Waals surface area contributed by atoms with Gasteiger partial charge >= 0.3 is 0 Å². The van der Waals surface area contributed by atoms with E-state index in [9.17, 15) is 4.79 Å². The maximum Gasteiger partial charge on any atom is 0.220 e. The highest BCUT2D eigenvalue weighted by Crippen LogP contribution is 2.32. The number of hydrogen-bond donors (Lipinski definition) is 2. The van der Waals surface area contributed by atoms with E-state index < -0.39 is 0 Å². The first kappa shape index (κ1) is 11.3. The molecule has 18 heavy (non-hydrogen) atoms. The largest absolute Gasteiger partial charge is 0.384 e. The van der Waals surface area contributed by atoms with Crippen molar-refractivity contribution in [2.45, 2.75) is 31.2 Å². The number of pyridine rings is 1. The summed E-state index contributed by atoms with van der Waals surface area (Å²) in [6.07, 6.45) is 5.52. The minimum Gasteiger partial charge on any atom is -0.384 e. The minimum atomic E-state index is 0.0643. The van der Waals surface area contributed by atoms with Gasteiger partial charge in [-0.05, 0) is 31.4 Å². The fourth-order valence-corrected chi connectivity index (χ4v) is 2.93. The summed E-state index contributed by atoms with van der Waals surface area (Å²) in [7, 11) is 0. The zero-order chi connectivity index (χ0) is 12.6. The van der Waals surface area contributed by atoms with E-state index in [1.165, 1.54) is 0 Å². The van der Waals surface area contributed by atoms with Crippen LogP contribution in [0.15, 0.2) is 18.3 Å². The first-order valence-corrected chi connectivity index (χ1v) is 6.44. The zero-order valence-corrected chi connectivity index (χ0v) is 10.4. The van der Waals surface area contributed by atoms with Crippen molar-refractivity contribution in [1.82, 2.24) is 10.3 Å². The second-order valence-electron chi connectivity index (χ2n) is 5.26. The Labute approximate surface area is 106 Å². The number of nitrogens with two attached hydrogens (primary N) is 1. The Bertz CT molecular complexity index is 449. The zero-order valence-electron chi connectivity index (χ0n) is 10.4. The highest BCUT2D eigenvalue weighted by molar-refractivity contribution is 5.79. The SMILES string of the molecule is Nc1ccc(N2CCC3(CCC(=O)N3)CC2)cn1. The summed E-state index contributed by atoms with van der Waals surface area (Å²) in [5, 5.41) is 3.15. The van der Waals surface area contributed by atoms with E-state index >= 15 is 0 Å². The molecule has 3 heterocycles. The third kappa shape index (κ3) is 2.00. The van der Waals surface area contributed by atoms with Crippen LogP contribution >= 0.6 is 0 Å². The number of hydrogen-bond acceptors (Lipinski definition) is 4. The fourth-order valence-electron chi connectivity index (χ4n) is 2.93. The summed E-state index contributed by atoms with van der Waals surface area (Å²) in [4.78, 5) is 17.8. The molecular formula is C13H18N4O. The van der Waals surface area contributed by atoms with Gasteiger partial charge in [-0.3, -0.25) is 4.79 Å². The number of rotatable bonds is 1. The molecule has 1 aromatic heterocycles. The summed E-state index contributed by atoms with van der Waals surface area (Å²) >= 11 is 0. The molecule has 1 amide bonds. The normalized spacial score (nSPS) is 22.2. The maximum absolute atomic E-state index is 11.4. The van der Waals surface area contributed by atoms with Crippen molar-refractivity contribution in [2.75, 3.05) is 23.7 Å². The first-order valence-electron chi connectivity index (χ1n) is 6.44. The van der Waals surface area contributed by atoms with Gasteiger partial charge in [0.25, 0.3) is 0 Å². The van der Waals surface area contributed by atoms with Crippen LogP contribution in [-0.2, 0) is 4.79 Å². The smallest absolute Gasteiger partial charge is 0.220 e. The predicted molar refractivity (Wildman–Crippen MR) is 70.2 cm³/mol. The predicted octanol–water partition coefficient (Wildman–Crippen LogP) is 0.913. The number of nitrogens with zero attached hydrogens (tertiary/aromatic N) is 2. The van der Waals surface area contributed by atoms with Gasteiger partial charge in [-0.15, -0.1) is 0 Å². The molecule has 3 rings (SSSR count). The van der Waals surface area contributed by atoms with Crippen LogP contribution in [0.2, 0.25) is 0 Å². The Kier molecular flexibility index (Phi) is 2.61. The molecule has 0 atom stereocenters. The topological polar surface area (TPSA) is 71.2 Å². The molecule has 3 N–H and O–H groups in total. The van der Waals surface area contributed by atoms with Crippen molar-refractivity contribution in [3.05, 3.63) is 18.3 Å². The Morgan fingerprint density at radius 1 is 1.28 bits per heavy atom. The average molecular weight is 246 g/mol. The van der Waals surface area contributed by atoms with Gasteiger partial charge in [0.15, 0.2) is 0 Å². The lowest BCUT2D eigenvalue weighted by atomic mass is 9.86. The van der Waals surface area contributed by atoms with E-state index in [0.29, 0.717) is 12.2 Å². The number of aromatic nitrogens is 1. The minimum absolute atomic E-state index is 0.0643. The Hall–Kier alpha value is -1.78. The van der Waals surface area contributed by atoms with Gasteiger partial charge < -0.3 is 16.0 Å². The van der Waals surface area contributed by atoms with Crippen LogP contribution in [0.4, 0.5) is 11.5 Å². The van der Waals surface area contributed by atoms with E-state index in [2.05, 4.69) is 15.2 Å². The molecule has 2 aliphatic rings. The van der Waals surface area contributed by atoms with E-state index in [0.717, 1.165) is 38.0 Å². The molecule has 0 unspecified atom stereocenters. The van der Waals surface area contributed by atoms with Crippen LogP contribution in [0, 0.1) is 0 Å². The number of carbonyl (C=O) groups excluding carboxylic acids is 1. The third-order valence-electron chi connectivity index (χ3n) is 4.09. The third-order valence-corrected chi connectivity index (χ3v) is 4.09. The van der Waals surface area contributed by atoms with Gasteiger partial charge in [-0.25, -0.2) is 4.98 Å². The van der Waals surface area contributed by atoms with Crippen molar-refractivity contribution in [1.29, 1.82) is 0 Å². The first-order chi connectivity index (χ1) is 8.67. The molecule has 5 heteroatoms. The van der Waals surface area contributed by atoms with Gasteiger partial charge in [-0.1, -0.05) is 0 Å². The van der Waals surface area contributed by atoms with Gasteiger partial charge in [0, 0.05) is 25.0 Å². The van der Waals surface area contributed by atoms with E-state index in [1.54, 1.807) is 0 Å². The lowest BCUT2D eigenvalue weighted by molar-refractivity contribution is -0.119. The molecule has 2 fully saturated rings. The van der Waals surface area contributed by atoms with E-state index in [4.69, 9.17) is 5.73 Å². The molecule has 0 aliphatic carbocycles. The Morgan fingerprint density at radius 2 is 2.06 bits per heavy atom. The summed E-state index contributed by atoms with van der Waals surface area (Å²) in [5.74, 6) is 0.757. The van der Waals surface area contributed by atoms with Crippen LogP contribution in [0.3, 0.4) is 0 Å². The van der Waals surface area contributed by atoms with Crippen LogP contribution < -0.4 is 16.0 Å². The average Bonchev–Trinajstić information content (AvgIpc) is 2.73. The number of nitrogen functional groups attached to an aromatic ring is 1. The highest BCUT2D eigenvalue weighted by Gasteiger charge is 2.40. The summed E-state index contributed by atoms with van der Waals surface area (Å²) < 4.78 is 0. The van der Waals surface area contributed by atoms with Crippen molar-refractivity contribution in [3.63, 3.8) is 0 Å². The number of carbonyl (C=O) groups is 1. The highest BCUT2D eigenvalue weighted by atomic mass is 16.2. The Morgan fingerprint density at radius 3 is 2.61 bits per heavy atom. The quantitative estimate of drug-likeness (QED) is 0.772. The number of anilines is 2. The van der Waals surface area contributed by atoms with Crippen molar-refractivity contribution >= 4 is 17.4 Å². The molecular weight excluding hydrogens is 228 g/mol. The van der Waals surface area contributed by atoms with Gasteiger partial charge in [0.2, 0.25) is 5.91 Å². The molecule has 5 nitrogen and oxygen atoms in total. The molecule has 96 valence electrons. The van der Waals surface area contributed by atoms with Crippen LogP contribution in [-0.4, -0.2) is 29.5 Å². The molecule has 1 aromatic rings. The molecule has 1 spiro atoms. The molecule has 2 aliphatic heterocycles. The maximum atomic E-state index is 11.4. The standard InChI is InChI=1S/C13H18N4O/c14-11-2-1-10(9-15-11)17-7-5-13(6-8-17)4-3-12(18)16-13/h1-2,9H,3-8H2,(H2,14,15)(H,16,18). The molecule has 0 aromatic carbocycles. The van der Waals surface area contributed by atoms with Gasteiger partial charge in [-0.2, -0.15) is 0 Å². The number of nitrogens with one attached hydrogen (secondary N) is 1. The fraction of sp³-hybridized carbons (Fsp3) is 0.538. The monoisotopic (exact) mass is 246 g/mol. The van der Waals surface area contributed by atoms with Crippen molar-refractivity contribution in [3.8, 4) is 0 Å². The van der Waals surface area contributed by atoms with Crippen molar-refractivity contribution in [2.24, 2.45) is 0 Å². The summed E-state index contributed by atoms with van der Waals surface area (Å²) in [5.41, 5.74) is 6.77. The second-order valence-corrected chi connectivity index (χ2v) is 5.26.